The van der Waals surface area contributed by atoms with Gasteiger partial charge in [0, 0.05) is 12.8 Å². The number of aliphatic hydroxyl groups excluding tert-OH is 1. The van der Waals surface area contributed by atoms with Crippen LogP contribution in [-0.2, 0) is 16.4 Å². The van der Waals surface area contributed by atoms with Crippen LogP contribution in [0.5, 0.6) is 0 Å². The standard InChI is InChI=1S/C13H20N2O4S/c1-3-11(9-16)15-13(17)14-8-10-4-6-12(7-5-10)20(2,18)19/h4-7,11,16H,3,8-9H2,1-2H3,(H2,14,15,17). The van der Waals surface area contributed by atoms with Crippen LogP contribution >= 0.6 is 0 Å². The summed E-state index contributed by atoms with van der Waals surface area (Å²) in [6.45, 7) is 2.05. The molecule has 1 aromatic carbocycles. The lowest BCUT2D eigenvalue weighted by Crippen LogP contribution is -2.43. The van der Waals surface area contributed by atoms with E-state index < -0.39 is 9.84 Å². The molecular weight excluding hydrogens is 280 g/mol. The smallest absolute Gasteiger partial charge is 0.315 e. The largest absolute Gasteiger partial charge is 0.394 e. The minimum absolute atomic E-state index is 0.104. The first-order valence-electron chi connectivity index (χ1n) is 6.31. The molecule has 0 saturated heterocycles. The molecule has 7 heteroatoms. The Morgan fingerprint density at radius 1 is 1.30 bits per heavy atom. The van der Waals surface area contributed by atoms with E-state index in [4.69, 9.17) is 5.11 Å². The van der Waals surface area contributed by atoms with Crippen molar-refractivity contribution in [2.75, 3.05) is 12.9 Å². The Balaban J connectivity index is 2.52. The van der Waals surface area contributed by atoms with Gasteiger partial charge in [-0.2, -0.15) is 0 Å². The first kappa shape index (κ1) is 16.5. The number of nitrogens with one attached hydrogen (secondary N) is 2. The number of sulfone groups is 1. The van der Waals surface area contributed by atoms with Crippen molar-refractivity contribution in [2.45, 2.75) is 30.8 Å². The van der Waals surface area contributed by atoms with E-state index in [0.29, 0.717) is 6.42 Å². The molecule has 3 N–H and O–H groups in total. The zero-order valence-corrected chi connectivity index (χ0v) is 12.4. The summed E-state index contributed by atoms with van der Waals surface area (Å²) in [4.78, 5) is 11.8. The maximum Gasteiger partial charge on any atom is 0.315 e. The van der Waals surface area contributed by atoms with E-state index in [2.05, 4.69) is 10.6 Å². The van der Waals surface area contributed by atoms with Gasteiger partial charge in [0.25, 0.3) is 0 Å². The van der Waals surface area contributed by atoms with Gasteiger partial charge in [-0.1, -0.05) is 19.1 Å². The molecule has 112 valence electrons. The number of hydrogen-bond donors (Lipinski definition) is 3. The molecule has 0 aliphatic carbocycles. The Morgan fingerprint density at radius 3 is 2.35 bits per heavy atom. The van der Waals surface area contributed by atoms with Gasteiger partial charge in [-0.25, -0.2) is 13.2 Å². The molecule has 0 spiro atoms. The highest BCUT2D eigenvalue weighted by atomic mass is 32.2. The first-order valence-corrected chi connectivity index (χ1v) is 8.20. The van der Waals surface area contributed by atoms with Crippen molar-refractivity contribution in [3.05, 3.63) is 29.8 Å². The Hall–Kier alpha value is -1.60. The molecular formula is C13H20N2O4S. The number of benzene rings is 1. The van der Waals surface area contributed by atoms with E-state index in [1.54, 1.807) is 12.1 Å². The number of carbonyl (C=O) groups excluding carboxylic acids is 1. The monoisotopic (exact) mass is 300 g/mol. The minimum atomic E-state index is -3.20. The Morgan fingerprint density at radius 2 is 1.90 bits per heavy atom. The minimum Gasteiger partial charge on any atom is -0.394 e. The molecule has 1 atom stereocenters. The average Bonchev–Trinajstić information content (AvgIpc) is 2.42. The van der Waals surface area contributed by atoms with Crippen molar-refractivity contribution in [3.8, 4) is 0 Å². The van der Waals surface area contributed by atoms with Crippen LogP contribution in [0.25, 0.3) is 0 Å². The second kappa shape index (κ2) is 7.25. The average molecular weight is 300 g/mol. The quantitative estimate of drug-likeness (QED) is 0.719. The summed E-state index contributed by atoms with van der Waals surface area (Å²) >= 11 is 0. The van der Waals surface area contributed by atoms with Gasteiger partial charge >= 0.3 is 6.03 Å². The summed E-state index contributed by atoms with van der Waals surface area (Å²) in [7, 11) is -3.20. The molecule has 0 saturated carbocycles. The van der Waals surface area contributed by atoms with Crippen LogP contribution in [0.2, 0.25) is 0 Å². The van der Waals surface area contributed by atoms with Crippen LogP contribution in [-0.4, -0.2) is 38.5 Å². The lowest BCUT2D eigenvalue weighted by Gasteiger charge is -2.14. The molecule has 6 nitrogen and oxygen atoms in total. The molecule has 0 aliphatic heterocycles. The van der Waals surface area contributed by atoms with Gasteiger partial charge in [0.05, 0.1) is 17.5 Å². The number of rotatable bonds is 6. The van der Waals surface area contributed by atoms with Gasteiger partial charge in [-0.15, -0.1) is 0 Å². The predicted molar refractivity (Wildman–Crippen MR) is 76.1 cm³/mol. The molecule has 1 rings (SSSR count). The van der Waals surface area contributed by atoms with Gasteiger partial charge in [-0.05, 0) is 24.1 Å². The van der Waals surface area contributed by atoms with Crippen molar-refractivity contribution in [1.82, 2.24) is 10.6 Å². The highest BCUT2D eigenvalue weighted by Gasteiger charge is 2.09. The van der Waals surface area contributed by atoms with E-state index in [9.17, 15) is 13.2 Å². The van der Waals surface area contributed by atoms with Crippen molar-refractivity contribution < 1.29 is 18.3 Å². The fourth-order valence-corrected chi connectivity index (χ4v) is 2.18. The molecule has 1 aromatic rings. The molecule has 0 bridgehead atoms. The molecule has 20 heavy (non-hydrogen) atoms. The van der Waals surface area contributed by atoms with E-state index in [1.807, 2.05) is 6.92 Å². The van der Waals surface area contributed by atoms with E-state index in [0.717, 1.165) is 11.8 Å². The van der Waals surface area contributed by atoms with Gasteiger partial charge in [0.2, 0.25) is 0 Å². The second-order valence-corrected chi connectivity index (χ2v) is 6.55. The summed E-state index contributed by atoms with van der Waals surface area (Å²) in [5.74, 6) is 0. The summed E-state index contributed by atoms with van der Waals surface area (Å²) in [6, 6.07) is 5.69. The predicted octanol–water partition coefficient (Wildman–Crippen LogP) is 0.660. The van der Waals surface area contributed by atoms with Crippen LogP contribution in [0.15, 0.2) is 29.2 Å². The maximum atomic E-state index is 11.5. The van der Waals surface area contributed by atoms with E-state index in [-0.39, 0.29) is 30.1 Å². The van der Waals surface area contributed by atoms with Gasteiger partial charge < -0.3 is 15.7 Å². The van der Waals surface area contributed by atoms with Crippen molar-refractivity contribution in [3.63, 3.8) is 0 Å². The van der Waals surface area contributed by atoms with Crippen molar-refractivity contribution in [2.24, 2.45) is 0 Å². The number of carbonyl (C=O) groups is 1. The molecule has 0 aliphatic rings. The van der Waals surface area contributed by atoms with E-state index in [1.165, 1.54) is 12.1 Å². The van der Waals surface area contributed by atoms with Crippen molar-refractivity contribution in [1.29, 1.82) is 0 Å². The summed E-state index contributed by atoms with van der Waals surface area (Å²) < 4.78 is 22.6. The van der Waals surface area contributed by atoms with Crippen LogP contribution in [0.3, 0.4) is 0 Å². The summed E-state index contributed by atoms with van der Waals surface area (Å²) in [5, 5.41) is 14.2. The molecule has 0 aromatic heterocycles. The SMILES string of the molecule is CCC(CO)NC(=O)NCc1ccc(S(C)(=O)=O)cc1. The summed E-state index contributed by atoms with van der Waals surface area (Å²) in [6.07, 6.45) is 1.79. The maximum absolute atomic E-state index is 11.5. The molecule has 2 amide bonds. The Bertz CT molecular complexity index is 536. The van der Waals surface area contributed by atoms with Gasteiger partial charge in [-0.3, -0.25) is 0 Å². The molecule has 0 fully saturated rings. The van der Waals surface area contributed by atoms with Crippen LogP contribution in [0.4, 0.5) is 4.79 Å². The van der Waals surface area contributed by atoms with Crippen LogP contribution < -0.4 is 10.6 Å². The Kier molecular flexibility index (Phi) is 5.97. The third-order valence-corrected chi connectivity index (χ3v) is 3.98. The lowest BCUT2D eigenvalue weighted by molar-refractivity contribution is 0.214. The normalized spacial score (nSPS) is 12.8. The zero-order valence-electron chi connectivity index (χ0n) is 11.6. The van der Waals surface area contributed by atoms with Crippen molar-refractivity contribution >= 4 is 15.9 Å². The number of aliphatic hydroxyl groups is 1. The third-order valence-electron chi connectivity index (χ3n) is 2.85. The second-order valence-electron chi connectivity index (χ2n) is 4.53. The zero-order chi connectivity index (χ0) is 15.2. The van der Waals surface area contributed by atoms with Crippen LogP contribution in [0.1, 0.15) is 18.9 Å². The van der Waals surface area contributed by atoms with Gasteiger partial charge in [0.1, 0.15) is 0 Å². The third kappa shape index (κ3) is 5.18. The Labute approximate surface area is 119 Å². The molecule has 0 radical (unpaired) electrons. The topological polar surface area (TPSA) is 95.5 Å². The lowest BCUT2D eigenvalue weighted by atomic mass is 10.2. The highest BCUT2D eigenvalue weighted by molar-refractivity contribution is 7.90. The number of hydrogen-bond acceptors (Lipinski definition) is 4. The van der Waals surface area contributed by atoms with Crippen LogP contribution in [0, 0.1) is 0 Å². The molecule has 0 heterocycles. The molecule has 1 unspecified atom stereocenters. The first-order chi connectivity index (χ1) is 9.36. The van der Waals surface area contributed by atoms with Gasteiger partial charge in [0.15, 0.2) is 9.84 Å². The highest BCUT2D eigenvalue weighted by Crippen LogP contribution is 2.10. The summed E-state index contributed by atoms with van der Waals surface area (Å²) in [5.41, 5.74) is 0.796. The fourth-order valence-electron chi connectivity index (χ4n) is 1.55. The van der Waals surface area contributed by atoms with E-state index >= 15 is 0 Å². The number of urea groups is 1. The number of amides is 2. The fraction of sp³-hybridized carbons (Fsp3) is 0.462.